The van der Waals surface area contributed by atoms with Gasteiger partial charge in [-0.3, -0.25) is 0 Å². The number of carbonyl (C=O) groups is 3. The lowest BCUT2D eigenvalue weighted by Gasteiger charge is -2.35. The molecule has 26 heavy (non-hydrogen) atoms. The minimum absolute atomic E-state index is 0.0750. The molecule has 1 aliphatic rings. The summed E-state index contributed by atoms with van der Waals surface area (Å²) in [5, 5.41) is 11.7. The van der Waals surface area contributed by atoms with Gasteiger partial charge in [0.05, 0.1) is 18.2 Å². The summed E-state index contributed by atoms with van der Waals surface area (Å²) in [7, 11) is 0. The first-order chi connectivity index (χ1) is 12.2. The van der Waals surface area contributed by atoms with Gasteiger partial charge in [-0.05, 0) is 32.9 Å². The van der Waals surface area contributed by atoms with E-state index >= 15 is 0 Å². The third kappa shape index (κ3) is 5.73. The maximum absolute atomic E-state index is 12.3. The van der Waals surface area contributed by atoms with E-state index in [-0.39, 0.29) is 13.0 Å². The third-order valence-electron chi connectivity index (χ3n) is 3.62. The lowest BCUT2D eigenvalue weighted by Crippen LogP contribution is -2.55. The average molecular weight is 365 g/mol. The highest BCUT2D eigenvalue weighted by atomic mass is 16.6. The minimum Gasteiger partial charge on any atom is -0.479 e. The van der Waals surface area contributed by atoms with Crippen molar-refractivity contribution in [2.45, 2.75) is 51.0 Å². The van der Waals surface area contributed by atoms with Gasteiger partial charge >= 0.3 is 18.0 Å². The molecule has 0 saturated carbocycles. The highest BCUT2D eigenvalue weighted by Gasteiger charge is 2.38. The maximum atomic E-state index is 12.3. The molecular formula is C18H23NO7. The third-order valence-corrected chi connectivity index (χ3v) is 3.62. The molecule has 8 nitrogen and oxygen atoms in total. The van der Waals surface area contributed by atoms with E-state index in [2.05, 4.69) is 5.32 Å². The van der Waals surface area contributed by atoms with Crippen molar-refractivity contribution in [1.82, 2.24) is 5.32 Å². The molecule has 1 heterocycles. The predicted octanol–water partition coefficient (Wildman–Crippen LogP) is 1.98. The zero-order valence-corrected chi connectivity index (χ0v) is 14.9. The number of amides is 1. The van der Waals surface area contributed by atoms with Crippen molar-refractivity contribution in [2.75, 3.05) is 6.61 Å². The van der Waals surface area contributed by atoms with Gasteiger partial charge in [-0.25, -0.2) is 14.4 Å². The monoisotopic (exact) mass is 365 g/mol. The summed E-state index contributed by atoms with van der Waals surface area (Å²) in [6, 6.07) is 7.61. The number of ether oxygens (including phenoxy) is 3. The number of carboxylic acids is 1. The van der Waals surface area contributed by atoms with E-state index in [1.54, 1.807) is 51.1 Å². The molecule has 0 radical (unpaired) electrons. The van der Waals surface area contributed by atoms with Crippen LogP contribution in [0.4, 0.5) is 4.79 Å². The van der Waals surface area contributed by atoms with Gasteiger partial charge in [0.15, 0.2) is 6.10 Å². The fraction of sp³-hybridized carbons (Fsp3) is 0.500. The Hall–Kier alpha value is -2.61. The van der Waals surface area contributed by atoms with E-state index in [9.17, 15) is 14.4 Å². The molecule has 1 amide bonds. The molecule has 0 bridgehead atoms. The van der Waals surface area contributed by atoms with E-state index in [1.165, 1.54) is 0 Å². The Morgan fingerprint density at radius 3 is 2.42 bits per heavy atom. The molecule has 2 N–H and O–H groups in total. The van der Waals surface area contributed by atoms with Crippen molar-refractivity contribution in [1.29, 1.82) is 0 Å². The molecule has 2 unspecified atom stereocenters. The smallest absolute Gasteiger partial charge is 0.408 e. The summed E-state index contributed by atoms with van der Waals surface area (Å²) in [6.45, 7) is 5.05. The van der Waals surface area contributed by atoms with E-state index in [0.29, 0.717) is 5.56 Å². The van der Waals surface area contributed by atoms with E-state index in [4.69, 9.17) is 19.3 Å². The second kappa shape index (κ2) is 8.18. The Morgan fingerprint density at radius 2 is 1.85 bits per heavy atom. The Labute approximate surface area is 151 Å². The number of nitrogens with one attached hydrogen (secondary N) is 1. The van der Waals surface area contributed by atoms with Crippen molar-refractivity contribution < 1.29 is 33.7 Å². The maximum Gasteiger partial charge on any atom is 0.408 e. The summed E-state index contributed by atoms with van der Waals surface area (Å²) < 4.78 is 15.9. The van der Waals surface area contributed by atoms with Crippen LogP contribution in [0.3, 0.4) is 0 Å². The number of carboxylic acid groups (broad SMARTS) is 1. The first-order valence-corrected chi connectivity index (χ1v) is 8.25. The highest BCUT2D eigenvalue weighted by molar-refractivity contribution is 5.89. The van der Waals surface area contributed by atoms with Crippen molar-refractivity contribution in [3.8, 4) is 0 Å². The number of esters is 1. The van der Waals surface area contributed by atoms with Gasteiger partial charge in [0.1, 0.15) is 11.7 Å². The molecule has 0 spiro atoms. The molecule has 0 aliphatic carbocycles. The van der Waals surface area contributed by atoms with E-state index in [1.807, 2.05) is 0 Å². The zero-order valence-electron chi connectivity index (χ0n) is 14.9. The van der Waals surface area contributed by atoms with Crippen molar-refractivity contribution in [2.24, 2.45) is 0 Å². The SMILES string of the molecule is CC(C)(C)OC(=O)NC1CO[C@H](C(=O)O)CC1OC(=O)c1ccccc1. The second-order valence-corrected chi connectivity index (χ2v) is 6.96. The van der Waals surface area contributed by atoms with Gasteiger partial charge in [0, 0.05) is 6.42 Å². The number of aliphatic carboxylic acids is 1. The van der Waals surface area contributed by atoms with Crippen LogP contribution in [0, 0.1) is 0 Å². The molecule has 1 fully saturated rings. The number of carbonyl (C=O) groups excluding carboxylic acids is 2. The number of alkyl carbamates (subject to hydrolysis) is 1. The summed E-state index contributed by atoms with van der Waals surface area (Å²) >= 11 is 0. The quantitative estimate of drug-likeness (QED) is 0.785. The summed E-state index contributed by atoms with van der Waals surface area (Å²) in [5.74, 6) is -1.75. The number of benzene rings is 1. The van der Waals surface area contributed by atoms with E-state index < -0.39 is 41.9 Å². The summed E-state index contributed by atoms with van der Waals surface area (Å²) in [5.41, 5.74) is -0.360. The normalized spacial score (nSPS) is 23.0. The molecule has 2 rings (SSSR count). The van der Waals surface area contributed by atoms with Gasteiger partial charge in [-0.1, -0.05) is 18.2 Å². The molecule has 1 aromatic rings. The minimum atomic E-state index is -1.15. The van der Waals surface area contributed by atoms with Crippen LogP contribution in [-0.4, -0.2) is 53.6 Å². The first-order valence-electron chi connectivity index (χ1n) is 8.25. The van der Waals surface area contributed by atoms with Crippen LogP contribution in [0.15, 0.2) is 30.3 Å². The summed E-state index contributed by atoms with van der Waals surface area (Å²) in [4.78, 5) is 35.5. The average Bonchev–Trinajstić information content (AvgIpc) is 2.55. The second-order valence-electron chi connectivity index (χ2n) is 6.96. The Kier molecular flexibility index (Phi) is 6.20. The predicted molar refractivity (Wildman–Crippen MR) is 90.8 cm³/mol. The fourth-order valence-corrected chi connectivity index (χ4v) is 2.45. The van der Waals surface area contributed by atoms with Crippen LogP contribution < -0.4 is 5.32 Å². The van der Waals surface area contributed by atoms with Gasteiger partial charge in [-0.2, -0.15) is 0 Å². The van der Waals surface area contributed by atoms with Crippen molar-refractivity contribution in [3.63, 3.8) is 0 Å². The van der Waals surface area contributed by atoms with Crippen molar-refractivity contribution in [3.05, 3.63) is 35.9 Å². The number of rotatable bonds is 4. The van der Waals surface area contributed by atoms with Gasteiger partial charge in [0.2, 0.25) is 0 Å². The Balaban J connectivity index is 2.08. The van der Waals surface area contributed by atoms with Crippen LogP contribution >= 0.6 is 0 Å². The first kappa shape index (κ1) is 19.7. The lowest BCUT2D eigenvalue weighted by atomic mass is 10.0. The molecule has 1 aromatic carbocycles. The van der Waals surface area contributed by atoms with Crippen LogP contribution in [0.25, 0.3) is 0 Å². The summed E-state index contributed by atoms with van der Waals surface area (Å²) in [6.07, 6.45) is -2.74. The number of hydrogen-bond donors (Lipinski definition) is 2. The largest absolute Gasteiger partial charge is 0.479 e. The number of hydrogen-bond acceptors (Lipinski definition) is 6. The Morgan fingerprint density at radius 1 is 1.19 bits per heavy atom. The fourth-order valence-electron chi connectivity index (χ4n) is 2.45. The topological polar surface area (TPSA) is 111 Å². The van der Waals surface area contributed by atoms with E-state index in [0.717, 1.165) is 0 Å². The van der Waals surface area contributed by atoms with Crippen LogP contribution in [0.2, 0.25) is 0 Å². The molecule has 8 heteroatoms. The molecule has 1 aliphatic heterocycles. The highest BCUT2D eigenvalue weighted by Crippen LogP contribution is 2.20. The van der Waals surface area contributed by atoms with Crippen LogP contribution in [0.5, 0.6) is 0 Å². The lowest BCUT2D eigenvalue weighted by molar-refractivity contribution is -0.159. The molecule has 0 aromatic heterocycles. The zero-order chi connectivity index (χ0) is 19.3. The molecule has 3 atom stereocenters. The van der Waals surface area contributed by atoms with Crippen LogP contribution in [-0.2, 0) is 19.0 Å². The molecule has 142 valence electrons. The molecular weight excluding hydrogens is 342 g/mol. The Bertz CT molecular complexity index is 653. The van der Waals surface area contributed by atoms with Crippen LogP contribution in [0.1, 0.15) is 37.6 Å². The van der Waals surface area contributed by atoms with Gasteiger partial charge in [-0.15, -0.1) is 0 Å². The van der Waals surface area contributed by atoms with Gasteiger partial charge < -0.3 is 24.6 Å². The standard InChI is InChI=1S/C18H23NO7/c1-18(2,3)26-17(23)19-12-10-24-14(15(20)21)9-13(12)25-16(22)11-7-5-4-6-8-11/h4-8,12-14H,9-10H2,1-3H3,(H,19,23)(H,20,21)/t12?,13?,14-/m0/s1. The van der Waals surface area contributed by atoms with Gasteiger partial charge in [0.25, 0.3) is 0 Å². The molecule has 1 saturated heterocycles. The van der Waals surface area contributed by atoms with Crippen molar-refractivity contribution >= 4 is 18.0 Å².